The zero-order valence-corrected chi connectivity index (χ0v) is 11.3. The summed E-state index contributed by atoms with van der Waals surface area (Å²) < 4.78 is 14.4. The summed E-state index contributed by atoms with van der Waals surface area (Å²) in [6.45, 7) is 3.68. The first kappa shape index (κ1) is 14.1. The number of carbonyl (C=O) groups excluding carboxylic acids is 1. The number of hydrogen-bond donors (Lipinski definition) is 0. The number of nitrogens with zero attached hydrogens (tertiary/aromatic N) is 2. The summed E-state index contributed by atoms with van der Waals surface area (Å²) in [7, 11) is 0. The molecule has 0 amide bonds. The highest BCUT2D eigenvalue weighted by molar-refractivity contribution is 5.97. The molecule has 0 bridgehead atoms. The van der Waals surface area contributed by atoms with Crippen LogP contribution in [0.5, 0.6) is 0 Å². The lowest BCUT2D eigenvalue weighted by Crippen LogP contribution is -2.25. The van der Waals surface area contributed by atoms with Gasteiger partial charge in [-0.15, -0.1) is 0 Å². The molecular weight excluding hydrogens is 259 g/mol. The molecule has 0 saturated carbocycles. The molecule has 0 unspecified atom stereocenters. The van der Waals surface area contributed by atoms with Crippen molar-refractivity contribution < 1.29 is 9.18 Å². The number of carbonyl (C=O) groups is 1. The van der Waals surface area contributed by atoms with Gasteiger partial charge in [-0.1, -0.05) is 12.1 Å². The SMILES string of the molecule is CC(C)n1nc(CC(=O)c2cccc(F)c2)ccc1=O. The third kappa shape index (κ3) is 3.17. The predicted octanol–water partition coefficient (Wildman–Crippen LogP) is 2.39. The van der Waals surface area contributed by atoms with Gasteiger partial charge in [-0.25, -0.2) is 9.07 Å². The van der Waals surface area contributed by atoms with Crippen LogP contribution in [0.1, 0.15) is 35.9 Å². The second kappa shape index (κ2) is 5.77. The van der Waals surface area contributed by atoms with E-state index in [1.54, 1.807) is 6.07 Å². The van der Waals surface area contributed by atoms with Gasteiger partial charge in [-0.3, -0.25) is 9.59 Å². The Bertz CT molecular complexity index is 692. The smallest absolute Gasteiger partial charge is 0.266 e. The Balaban J connectivity index is 2.24. The lowest BCUT2D eigenvalue weighted by molar-refractivity contribution is 0.0991. The Labute approximate surface area is 115 Å². The van der Waals surface area contributed by atoms with E-state index in [1.165, 1.54) is 35.0 Å². The van der Waals surface area contributed by atoms with E-state index in [2.05, 4.69) is 5.10 Å². The molecule has 104 valence electrons. The van der Waals surface area contributed by atoms with Gasteiger partial charge >= 0.3 is 0 Å². The van der Waals surface area contributed by atoms with Crippen LogP contribution in [0.3, 0.4) is 0 Å². The van der Waals surface area contributed by atoms with E-state index in [0.717, 1.165) is 0 Å². The van der Waals surface area contributed by atoms with Crippen LogP contribution in [-0.4, -0.2) is 15.6 Å². The van der Waals surface area contributed by atoms with Crippen molar-refractivity contribution in [3.8, 4) is 0 Å². The molecule has 0 aliphatic rings. The molecule has 0 radical (unpaired) electrons. The summed E-state index contributed by atoms with van der Waals surface area (Å²) in [5.74, 6) is -0.679. The molecule has 1 heterocycles. The number of rotatable bonds is 4. The molecule has 4 nitrogen and oxygen atoms in total. The van der Waals surface area contributed by atoms with Crippen LogP contribution >= 0.6 is 0 Å². The molecular formula is C15H15FN2O2. The molecule has 0 aliphatic carbocycles. The summed E-state index contributed by atoms with van der Waals surface area (Å²) >= 11 is 0. The van der Waals surface area contributed by atoms with Gasteiger partial charge in [0, 0.05) is 11.6 Å². The van der Waals surface area contributed by atoms with Crippen molar-refractivity contribution >= 4 is 5.78 Å². The van der Waals surface area contributed by atoms with Gasteiger partial charge in [-0.05, 0) is 32.0 Å². The van der Waals surface area contributed by atoms with Crippen LogP contribution in [0.25, 0.3) is 0 Å². The van der Waals surface area contributed by atoms with Crippen molar-refractivity contribution in [1.29, 1.82) is 0 Å². The minimum Gasteiger partial charge on any atom is -0.294 e. The van der Waals surface area contributed by atoms with E-state index in [0.29, 0.717) is 11.3 Å². The number of halogens is 1. The second-order valence-corrected chi connectivity index (χ2v) is 4.81. The zero-order valence-electron chi connectivity index (χ0n) is 11.3. The maximum Gasteiger partial charge on any atom is 0.266 e. The summed E-state index contributed by atoms with van der Waals surface area (Å²) in [5, 5.41) is 4.15. The maximum atomic E-state index is 13.1. The molecule has 1 aromatic heterocycles. The van der Waals surface area contributed by atoms with Crippen molar-refractivity contribution in [2.24, 2.45) is 0 Å². The minimum atomic E-state index is -0.448. The highest BCUT2D eigenvalue weighted by atomic mass is 19.1. The third-order valence-electron chi connectivity index (χ3n) is 2.86. The zero-order chi connectivity index (χ0) is 14.7. The largest absolute Gasteiger partial charge is 0.294 e. The van der Waals surface area contributed by atoms with Crippen LogP contribution in [-0.2, 0) is 6.42 Å². The predicted molar refractivity (Wildman–Crippen MR) is 73.3 cm³/mol. The van der Waals surface area contributed by atoms with Crippen molar-refractivity contribution in [1.82, 2.24) is 9.78 Å². The molecule has 2 aromatic rings. The van der Waals surface area contributed by atoms with Gasteiger partial charge in [0.25, 0.3) is 5.56 Å². The Kier molecular flexibility index (Phi) is 4.08. The fourth-order valence-corrected chi connectivity index (χ4v) is 1.86. The summed E-state index contributed by atoms with van der Waals surface area (Å²) in [6, 6.07) is 8.37. The molecule has 0 spiro atoms. The molecule has 0 fully saturated rings. The Morgan fingerprint density at radius 3 is 2.70 bits per heavy atom. The minimum absolute atomic E-state index is 0.0381. The molecule has 0 N–H and O–H groups in total. The molecule has 5 heteroatoms. The first-order chi connectivity index (χ1) is 9.47. The van der Waals surface area contributed by atoms with Crippen LogP contribution in [0, 0.1) is 5.82 Å². The lowest BCUT2D eigenvalue weighted by Gasteiger charge is -2.09. The average Bonchev–Trinajstić information content (AvgIpc) is 2.40. The molecule has 0 saturated heterocycles. The fraction of sp³-hybridized carbons (Fsp3) is 0.267. The monoisotopic (exact) mass is 274 g/mol. The fourth-order valence-electron chi connectivity index (χ4n) is 1.86. The van der Waals surface area contributed by atoms with Gasteiger partial charge in [0.05, 0.1) is 18.2 Å². The van der Waals surface area contributed by atoms with Gasteiger partial charge in [0.2, 0.25) is 0 Å². The quantitative estimate of drug-likeness (QED) is 0.804. The van der Waals surface area contributed by atoms with E-state index >= 15 is 0 Å². The van der Waals surface area contributed by atoms with Crippen LogP contribution in [0.15, 0.2) is 41.2 Å². The average molecular weight is 274 g/mol. The van der Waals surface area contributed by atoms with Gasteiger partial charge in [0.15, 0.2) is 5.78 Å². The van der Waals surface area contributed by atoms with Crippen LogP contribution in [0.4, 0.5) is 4.39 Å². The Morgan fingerprint density at radius 1 is 1.30 bits per heavy atom. The topological polar surface area (TPSA) is 52.0 Å². The van der Waals surface area contributed by atoms with Crippen molar-refractivity contribution in [2.45, 2.75) is 26.3 Å². The Morgan fingerprint density at radius 2 is 2.05 bits per heavy atom. The number of Topliss-reactive ketones (excluding diaryl/α,β-unsaturated/α-hetero) is 1. The first-order valence-electron chi connectivity index (χ1n) is 6.35. The third-order valence-corrected chi connectivity index (χ3v) is 2.86. The molecule has 2 rings (SSSR count). The van der Waals surface area contributed by atoms with Crippen LogP contribution < -0.4 is 5.56 Å². The van der Waals surface area contributed by atoms with Gasteiger partial charge in [-0.2, -0.15) is 5.10 Å². The van der Waals surface area contributed by atoms with Gasteiger partial charge < -0.3 is 0 Å². The maximum absolute atomic E-state index is 13.1. The van der Waals surface area contributed by atoms with E-state index in [-0.39, 0.29) is 23.8 Å². The second-order valence-electron chi connectivity index (χ2n) is 4.81. The highest BCUT2D eigenvalue weighted by Crippen LogP contribution is 2.08. The summed E-state index contributed by atoms with van der Waals surface area (Å²) in [5.41, 5.74) is 0.587. The highest BCUT2D eigenvalue weighted by Gasteiger charge is 2.11. The standard InChI is InChI=1S/C15H15FN2O2/c1-10(2)18-15(20)7-6-13(17-18)9-14(19)11-4-3-5-12(16)8-11/h3-8,10H,9H2,1-2H3. The van der Waals surface area contributed by atoms with E-state index in [1.807, 2.05) is 13.8 Å². The molecule has 0 atom stereocenters. The van der Waals surface area contributed by atoms with Crippen LogP contribution in [0.2, 0.25) is 0 Å². The summed E-state index contributed by atoms with van der Waals surface area (Å²) in [4.78, 5) is 23.6. The Hall–Kier alpha value is -2.30. The van der Waals surface area contributed by atoms with E-state index in [9.17, 15) is 14.0 Å². The number of ketones is 1. The lowest BCUT2D eigenvalue weighted by atomic mass is 10.1. The van der Waals surface area contributed by atoms with Crippen molar-refractivity contribution in [3.05, 3.63) is 63.8 Å². The van der Waals surface area contributed by atoms with Crippen molar-refractivity contribution in [2.75, 3.05) is 0 Å². The molecule has 1 aromatic carbocycles. The van der Waals surface area contributed by atoms with Crippen molar-refractivity contribution in [3.63, 3.8) is 0 Å². The molecule has 0 aliphatic heterocycles. The van der Waals surface area contributed by atoms with E-state index in [4.69, 9.17) is 0 Å². The summed E-state index contributed by atoms with van der Waals surface area (Å²) in [6.07, 6.45) is 0.0381. The van der Waals surface area contributed by atoms with Gasteiger partial charge in [0.1, 0.15) is 5.82 Å². The normalized spacial score (nSPS) is 10.8. The number of aromatic nitrogens is 2. The number of hydrogen-bond acceptors (Lipinski definition) is 3. The number of benzene rings is 1. The molecule has 20 heavy (non-hydrogen) atoms. The van der Waals surface area contributed by atoms with E-state index < -0.39 is 5.82 Å². The first-order valence-corrected chi connectivity index (χ1v) is 6.35.